The van der Waals surface area contributed by atoms with Gasteiger partial charge in [0.1, 0.15) is 11.5 Å². The molecular formula is C20H17ClN2O4. The second-order valence-electron chi connectivity index (χ2n) is 6.16. The van der Waals surface area contributed by atoms with Crippen molar-refractivity contribution in [3.8, 4) is 22.8 Å². The van der Waals surface area contributed by atoms with Gasteiger partial charge in [0, 0.05) is 16.1 Å². The summed E-state index contributed by atoms with van der Waals surface area (Å²) in [7, 11) is 3.17. The number of carbonyl (C=O) groups is 1. The standard InChI is InChI=1S/C20H17ClN2O4/c1-25-13-5-7-14-11(9-13)3-6-15-18(23-27-19(14)15)20(24)22-16-10-12(21)4-8-17(16)26-2/h4-5,7-10H,3,6H2,1-2H3,(H,22,24). The van der Waals surface area contributed by atoms with Gasteiger partial charge in [-0.05, 0) is 54.8 Å². The van der Waals surface area contributed by atoms with E-state index in [0.29, 0.717) is 28.6 Å². The minimum atomic E-state index is -0.363. The number of carbonyl (C=O) groups excluding carboxylic acids is 1. The molecule has 1 amide bonds. The van der Waals surface area contributed by atoms with E-state index < -0.39 is 0 Å². The Kier molecular flexibility index (Phi) is 4.49. The van der Waals surface area contributed by atoms with Crippen LogP contribution in [0.5, 0.6) is 11.5 Å². The zero-order valence-corrected chi connectivity index (χ0v) is 15.6. The first-order valence-corrected chi connectivity index (χ1v) is 8.79. The van der Waals surface area contributed by atoms with E-state index in [1.54, 1.807) is 25.3 Å². The number of hydrogen-bond donors (Lipinski definition) is 1. The van der Waals surface area contributed by atoms with Crippen LogP contribution in [0.15, 0.2) is 40.9 Å². The summed E-state index contributed by atoms with van der Waals surface area (Å²) in [6, 6.07) is 10.8. The van der Waals surface area contributed by atoms with Gasteiger partial charge in [0.05, 0.1) is 19.9 Å². The Morgan fingerprint density at radius 2 is 2.00 bits per heavy atom. The molecule has 6 nitrogen and oxygen atoms in total. The number of fused-ring (bicyclic) bond motifs is 3. The predicted octanol–water partition coefficient (Wildman–Crippen LogP) is 4.36. The minimum Gasteiger partial charge on any atom is -0.497 e. The first-order chi connectivity index (χ1) is 13.1. The van der Waals surface area contributed by atoms with Crippen LogP contribution >= 0.6 is 11.6 Å². The molecule has 1 N–H and O–H groups in total. The summed E-state index contributed by atoms with van der Waals surface area (Å²) in [4.78, 5) is 12.8. The van der Waals surface area contributed by atoms with Gasteiger partial charge in [-0.3, -0.25) is 4.79 Å². The number of hydrogen-bond acceptors (Lipinski definition) is 5. The molecule has 1 aliphatic carbocycles. The van der Waals surface area contributed by atoms with Crippen molar-refractivity contribution in [3.63, 3.8) is 0 Å². The molecule has 4 rings (SSSR count). The van der Waals surface area contributed by atoms with E-state index >= 15 is 0 Å². The highest BCUT2D eigenvalue weighted by Gasteiger charge is 2.28. The van der Waals surface area contributed by atoms with Gasteiger partial charge in [-0.15, -0.1) is 0 Å². The first kappa shape index (κ1) is 17.4. The van der Waals surface area contributed by atoms with Crippen molar-refractivity contribution in [2.24, 2.45) is 0 Å². The van der Waals surface area contributed by atoms with Gasteiger partial charge in [0.25, 0.3) is 5.91 Å². The zero-order chi connectivity index (χ0) is 19.0. The molecule has 0 atom stereocenters. The number of aromatic nitrogens is 1. The summed E-state index contributed by atoms with van der Waals surface area (Å²) in [5.41, 5.74) is 3.60. The van der Waals surface area contributed by atoms with Gasteiger partial charge < -0.3 is 19.3 Å². The Labute approximate surface area is 161 Å². The molecule has 0 radical (unpaired) electrons. The zero-order valence-electron chi connectivity index (χ0n) is 14.8. The van der Waals surface area contributed by atoms with Crippen molar-refractivity contribution in [2.75, 3.05) is 19.5 Å². The molecule has 0 fully saturated rings. The Morgan fingerprint density at radius 3 is 2.78 bits per heavy atom. The maximum Gasteiger partial charge on any atom is 0.278 e. The molecule has 0 aliphatic heterocycles. The average Bonchev–Trinajstić information content (AvgIpc) is 3.12. The summed E-state index contributed by atoms with van der Waals surface area (Å²) in [6.07, 6.45) is 1.44. The van der Waals surface area contributed by atoms with Gasteiger partial charge in [-0.1, -0.05) is 16.8 Å². The largest absolute Gasteiger partial charge is 0.497 e. The van der Waals surface area contributed by atoms with E-state index in [1.807, 2.05) is 18.2 Å². The SMILES string of the molecule is COc1ccc2c(c1)CCc1c(C(=O)Nc3cc(Cl)ccc3OC)noc1-2. The molecule has 0 saturated heterocycles. The van der Waals surface area contributed by atoms with E-state index in [9.17, 15) is 4.79 Å². The monoisotopic (exact) mass is 384 g/mol. The molecule has 1 aliphatic rings. The number of anilines is 1. The number of aryl methyl sites for hydroxylation is 1. The van der Waals surface area contributed by atoms with Crippen molar-refractivity contribution >= 4 is 23.2 Å². The van der Waals surface area contributed by atoms with Crippen LogP contribution in [-0.4, -0.2) is 25.3 Å². The van der Waals surface area contributed by atoms with Crippen molar-refractivity contribution < 1.29 is 18.8 Å². The third-order valence-corrected chi connectivity index (χ3v) is 4.85. The highest BCUT2D eigenvalue weighted by Crippen LogP contribution is 2.37. The Morgan fingerprint density at radius 1 is 1.15 bits per heavy atom. The van der Waals surface area contributed by atoms with Crippen LogP contribution in [0.2, 0.25) is 5.02 Å². The van der Waals surface area contributed by atoms with Gasteiger partial charge in [-0.2, -0.15) is 0 Å². The van der Waals surface area contributed by atoms with Crippen LogP contribution in [0.25, 0.3) is 11.3 Å². The van der Waals surface area contributed by atoms with Crippen molar-refractivity contribution in [1.29, 1.82) is 0 Å². The fraction of sp³-hybridized carbons (Fsp3) is 0.200. The number of nitrogens with zero attached hydrogens (tertiary/aromatic N) is 1. The second-order valence-corrected chi connectivity index (χ2v) is 6.60. The number of halogens is 1. The predicted molar refractivity (Wildman–Crippen MR) is 102 cm³/mol. The summed E-state index contributed by atoms with van der Waals surface area (Å²) in [6.45, 7) is 0. The topological polar surface area (TPSA) is 73.6 Å². The van der Waals surface area contributed by atoms with Crippen LogP contribution in [0.1, 0.15) is 21.6 Å². The number of ether oxygens (including phenoxy) is 2. The fourth-order valence-electron chi connectivity index (χ4n) is 3.28. The van der Waals surface area contributed by atoms with Crippen LogP contribution in [0, 0.1) is 0 Å². The molecule has 7 heteroatoms. The second kappa shape index (κ2) is 6.96. The quantitative estimate of drug-likeness (QED) is 0.723. The van der Waals surface area contributed by atoms with Crippen molar-refractivity contribution in [3.05, 3.63) is 58.2 Å². The highest BCUT2D eigenvalue weighted by molar-refractivity contribution is 6.31. The average molecular weight is 385 g/mol. The maximum absolute atomic E-state index is 12.8. The normalized spacial score (nSPS) is 12.1. The van der Waals surface area contributed by atoms with Crippen molar-refractivity contribution in [2.45, 2.75) is 12.8 Å². The summed E-state index contributed by atoms with van der Waals surface area (Å²) in [5.74, 6) is 1.57. The van der Waals surface area contributed by atoms with Crippen LogP contribution < -0.4 is 14.8 Å². The number of benzene rings is 2. The van der Waals surface area contributed by atoms with E-state index in [1.165, 1.54) is 7.11 Å². The van der Waals surface area contributed by atoms with E-state index in [0.717, 1.165) is 28.9 Å². The summed E-state index contributed by atoms with van der Waals surface area (Å²) in [5, 5.41) is 7.32. The lowest BCUT2D eigenvalue weighted by atomic mass is 9.89. The molecule has 0 saturated carbocycles. The molecule has 27 heavy (non-hydrogen) atoms. The van der Waals surface area contributed by atoms with Crippen LogP contribution in [0.3, 0.4) is 0 Å². The lowest BCUT2D eigenvalue weighted by molar-refractivity contribution is 0.101. The molecular weight excluding hydrogens is 368 g/mol. The molecule has 0 bridgehead atoms. The summed E-state index contributed by atoms with van der Waals surface area (Å²) >= 11 is 6.03. The third kappa shape index (κ3) is 3.13. The number of nitrogens with one attached hydrogen (secondary N) is 1. The first-order valence-electron chi connectivity index (χ1n) is 8.41. The van der Waals surface area contributed by atoms with Gasteiger partial charge in [0.15, 0.2) is 11.5 Å². The highest BCUT2D eigenvalue weighted by atomic mass is 35.5. The number of rotatable bonds is 4. The fourth-order valence-corrected chi connectivity index (χ4v) is 3.45. The van der Waals surface area contributed by atoms with E-state index in [4.69, 9.17) is 25.6 Å². The smallest absolute Gasteiger partial charge is 0.278 e. The Balaban J connectivity index is 1.66. The minimum absolute atomic E-state index is 0.272. The van der Waals surface area contributed by atoms with Crippen LogP contribution in [0.4, 0.5) is 5.69 Å². The number of amides is 1. The van der Waals surface area contributed by atoms with E-state index in [2.05, 4.69) is 10.5 Å². The van der Waals surface area contributed by atoms with Crippen molar-refractivity contribution in [1.82, 2.24) is 5.16 Å². The number of methoxy groups -OCH3 is 2. The van der Waals surface area contributed by atoms with Gasteiger partial charge >= 0.3 is 0 Å². The Hall–Kier alpha value is -2.99. The molecule has 1 heterocycles. The molecule has 1 aromatic heterocycles. The molecule has 3 aromatic rings. The molecule has 138 valence electrons. The molecule has 2 aromatic carbocycles. The maximum atomic E-state index is 12.8. The third-order valence-electron chi connectivity index (χ3n) is 4.61. The Bertz CT molecular complexity index is 1030. The molecule has 0 unspecified atom stereocenters. The lowest BCUT2D eigenvalue weighted by Gasteiger charge is -2.16. The van der Waals surface area contributed by atoms with Gasteiger partial charge in [0.2, 0.25) is 0 Å². The molecule has 0 spiro atoms. The lowest BCUT2D eigenvalue weighted by Crippen LogP contribution is -2.16. The van der Waals surface area contributed by atoms with Crippen LogP contribution in [-0.2, 0) is 12.8 Å². The summed E-state index contributed by atoms with van der Waals surface area (Å²) < 4.78 is 16.1. The van der Waals surface area contributed by atoms with Gasteiger partial charge in [-0.25, -0.2) is 0 Å². The van der Waals surface area contributed by atoms with E-state index in [-0.39, 0.29) is 11.6 Å².